The molecule has 2 aliphatic rings. The first-order valence-corrected chi connectivity index (χ1v) is 11.6. The lowest BCUT2D eigenvalue weighted by Crippen LogP contribution is -2.56. The first-order valence-electron chi connectivity index (χ1n) is 11.6. The molecule has 1 amide bonds. The second-order valence-electron chi connectivity index (χ2n) is 8.95. The zero-order valence-corrected chi connectivity index (χ0v) is 18.8. The number of nitrogens with zero attached hydrogens (tertiary/aromatic N) is 5. The van der Waals surface area contributed by atoms with Crippen molar-refractivity contribution in [1.82, 2.24) is 20.2 Å². The number of carbonyl (C=O) groups excluding carboxylic acids is 1. The van der Waals surface area contributed by atoms with E-state index in [1.54, 1.807) is 6.20 Å². The Morgan fingerprint density at radius 1 is 1.15 bits per heavy atom. The van der Waals surface area contributed by atoms with Gasteiger partial charge in [-0.1, -0.05) is 18.2 Å². The molecular weight excluding hydrogens is 412 g/mol. The minimum Gasteiger partial charge on any atom is -0.347 e. The molecular formula is C26H28N6O. The largest absolute Gasteiger partial charge is 0.347 e. The van der Waals surface area contributed by atoms with Crippen LogP contribution in [0.4, 0.5) is 5.82 Å². The topological polar surface area (TPSA) is 85.2 Å². The number of hydrogen-bond acceptors (Lipinski definition) is 6. The molecule has 3 unspecified atom stereocenters. The van der Waals surface area contributed by atoms with Crippen LogP contribution in [0.1, 0.15) is 43.4 Å². The molecule has 3 aromatic rings. The Hall–Kier alpha value is -3.50. The summed E-state index contributed by atoms with van der Waals surface area (Å²) >= 11 is 0. The summed E-state index contributed by atoms with van der Waals surface area (Å²) in [6.45, 7) is 4.25. The summed E-state index contributed by atoms with van der Waals surface area (Å²) in [6.07, 6.45) is 6.07. The van der Waals surface area contributed by atoms with Gasteiger partial charge in [0.1, 0.15) is 11.9 Å². The molecule has 0 radical (unpaired) electrons. The van der Waals surface area contributed by atoms with Gasteiger partial charge in [-0.15, -0.1) is 0 Å². The van der Waals surface area contributed by atoms with Gasteiger partial charge in [0.25, 0.3) is 0 Å². The smallest absolute Gasteiger partial charge is 0.223 e. The van der Waals surface area contributed by atoms with Crippen LogP contribution in [-0.2, 0) is 4.79 Å². The van der Waals surface area contributed by atoms with Gasteiger partial charge in [-0.3, -0.25) is 9.78 Å². The van der Waals surface area contributed by atoms with Gasteiger partial charge in [0.15, 0.2) is 0 Å². The van der Waals surface area contributed by atoms with E-state index in [1.165, 1.54) is 5.56 Å². The fraction of sp³-hybridized carbons (Fsp3) is 0.385. The van der Waals surface area contributed by atoms with E-state index in [4.69, 9.17) is 5.26 Å². The number of amides is 1. The summed E-state index contributed by atoms with van der Waals surface area (Å²) in [4.78, 5) is 26.3. The van der Waals surface area contributed by atoms with E-state index in [0.29, 0.717) is 30.6 Å². The van der Waals surface area contributed by atoms with Gasteiger partial charge in [-0.2, -0.15) is 5.26 Å². The van der Waals surface area contributed by atoms with Crippen LogP contribution in [0.15, 0.2) is 54.9 Å². The fourth-order valence-corrected chi connectivity index (χ4v) is 5.25. The van der Waals surface area contributed by atoms with E-state index in [0.717, 1.165) is 42.7 Å². The number of aromatic nitrogens is 2. The van der Waals surface area contributed by atoms with E-state index in [-0.39, 0.29) is 11.9 Å². The van der Waals surface area contributed by atoms with Crippen molar-refractivity contribution >= 4 is 22.6 Å². The molecule has 5 rings (SSSR count). The predicted molar refractivity (Wildman–Crippen MR) is 128 cm³/mol. The second kappa shape index (κ2) is 9.16. The summed E-state index contributed by atoms with van der Waals surface area (Å²) < 4.78 is 0. The maximum absolute atomic E-state index is 13.0. The van der Waals surface area contributed by atoms with Crippen molar-refractivity contribution in [2.75, 3.05) is 24.5 Å². The minimum atomic E-state index is 0.140. The lowest BCUT2D eigenvalue weighted by molar-refractivity contribution is -0.132. The van der Waals surface area contributed by atoms with Crippen LogP contribution in [-0.4, -0.2) is 52.5 Å². The summed E-state index contributed by atoms with van der Waals surface area (Å²) in [7, 11) is 0. The van der Waals surface area contributed by atoms with Crippen molar-refractivity contribution in [2.45, 2.75) is 44.3 Å². The highest BCUT2D eigenvalue weighted by atomic mass is 16.2. The summed E-state index contributed by atoms with van der Waals surface area (Å²) in [5, 5.41) is 13.7. The lowest BCUT2D eigenvalue weighted by atomic mass is 10.0. The zero-order chi connectivity index (χ0) is 22.8. The van der Waals surface area contributed by atoms with E-state index >= 15 is 0 Å². The first-order chi connectivity index (χ1) is 16.1. The number of nitrogens with one attached hydrogen (secondary N) is 1. The van der Waals surface area contributed by atoms with Crippen molar-refractivity contribution in [1.29, 1.82) is 5.26 Å². The summed E-state index contributed by atoms with van der Waals surface area (Å²) in [6, 6.07) is 16.8. The van der Waals surface area contributed by atoms with E-state index < -0.39 is 0 Å². The normalized spacial score (nSPS) is 20.6. The number of rotatable bonds is 6. The van der Waals surface area contributed by atoms with Gasteiger partial charge in [0, 0.05) is 62.0 Å². The number of fused-ring (bicyclic) bond motifs is 3. The molecule has 1 N–H and O–H groups in total. The summed E-state index contributed by atoms with van der Waals surface area (Å²) in [5.41, 5.74) is 2.76. The lowest BCUT2D eigenvalue weighted by Gasteiger charge is -2.42. The molecule has 7 heteroatoms. The van der Waals surface area contributed by atoms with Crippen LogP contribution in [0.3, 0.4) is 0 Å². The Balaban J connectivity index is 1.16. The third kappa shape index (κ3) is 4.27. The van der Waals surface area contributed by atoms with Gasteiger partial charge >= 0.3 is 0 Å². The number of likely N-dealkylation sites (tertiary alicyclic amines) is 1. The quantitative estimate of drug-likeness (QED) is 0.632. The number of benzene rings is 1. The molecule has 2 saturated heterocycles. The van der Waals surface area contributed by atoms with Crippen LogP contribution in [0.2, 0.25) is 0 Å². The van der Waals surface area contributed by atoms with E-state index in [1.807, 2.05) is 41.4 Å². The third-order valence-electron chi connectivity index (χ3n) is 6.91. The maximum atomic E-state index is 13.0. The molecule has 2 aromatic heterocycles. The molecule has 3 atom stereocenters. The molecule has 0 aliphatic carbocycles. The molecule has 2 bridgehead atoms. The third-order valence-corrected chi connectivity index (χ3v) is 6.91. The molecule has 2 fully saturated rings. The number of nitriles is 1. The highest BCUT2D eigenvalue weighted by molar-refractivity contribution is 5.82. The minimum absolute atomic E-state index is 0.140. The highest BCUT2D eigenvalue weighted by Gasteiger charge is 2.41. The van der Waals surface area contributed by atoms with Crippen LogP contribution in [0, 0.1) is 11.3 Å². The van der Waals surface area contributed by atoms with Gasteiger partial charge in [-0.05, 0) is 49.6 Å². The van der Waals surface area contributed by atoms with Crippen LogP contribution in [0.25, 0.3) is 10.9 Å². The highest BCUT2D eigenvalue weighted by Crippen LogP contribution is 2.34. The van der Waals surface area contributed by atoms with Crippen LogP contribution in [0.5, 0.6) is 0 Å². The molecule has 0 saturated carbocycles. The Kier molecular flexibility index (Phi) is 5.93. The average Bonchev–Trinajstić information content (AvgIpc) is 3.12. The maximum Gasteiger partial charge on any atom is 0.223 e. The Labute approximate surface area is 194 Å². The van der Waals surface area contributed by atoms with E-state index in [9.17, 15) is 4.79 Å². The molecule has 1 aromatic carbocycles. The van der Waals surface area contributed by atoms with Crippen molar-refractivity contribution < 1.29 is 4.79 Å². The number of anilines is 1. The number of hydrogen-bond donors (Lipinski definition) is 1. The van der Waals surface area contributed by atoms with Crippen molar-refractivity contribution in [3.05, 3.63) is 66.0 Å². The molecule has 7 nitrogen and oxygen atoms in total. The number of pyridine rings is 2. The number of piperazine rings is 1. The Morgan fingerprint density at radius 3 is 2.70 bits per heavy atom. The molecule has 33 heavy (non-hydrogen) atoms. The standard InChI is InChI=1S/C26H28N6O/c1-18(22-4-2-6-24-23(22)5-3-12-29-24)28-13-11-26(33)31-16-20-8-9-21(17-31)32(20)25-10-7-19(14-27)15-30-25/h2-7,10,12,15,18,20-21,28H,8-9,11,13,16-17H2,1H3. The SMILES string of the molecule is CC(NCCC(=O)N1CC2CCC(C1)N2c1ccc(C#N)cn1)c1cccc2ncccc12. The summed E-state index contributed by atoms with van der Waals surface area (Å²) in [5.74, 6) is 1.12. The van der Waals surface area contributed by atoms with Gasteiger partial charge < -0.3 is 15.1 Å². The van der Waals surface area contributed by atoms with Crippen LogP contribution >= 0.6 is 0 Å². The molecule has 0 spiro atoms. The first kappa shape index (κ1) is 21.4. The zero-order valence-electron chi connectivity index (χ0n) is 18.8. The number of carbonyl (C=O) groups is 1. The molecule has 2 aliphatic heterocycles. The van der Waals surface area contributed by atoms with Crippen molar-refractivity contribution in [2.24, 2.45) is 0 Å². The van der Waals surface area contributed by atoms with E-state index in [2.05, 4.69) is 45.3 Å². The van der Waals surface area contributed by atoms with Crippen LogP contribution < -0.4 is 10.2 Å². The molecule has 4 heterocycles. The van der Waals surface area contributed by atoms with Crippen molar-refractivity contribution in [3.63, 3.8) is 0 Å². The van der Waals surface area contributed by atoms with Crippen molar-refractivity contribution in [3.8, 4) is 6.07 Å². The fourth-order valence-electron chi connectivity index (χ4n) is 5.25. The Morgan fingerprint density at radius 2 is 1.97 bits per heavy atom. The van der Waals surface area contributed by atoms with Gasteiger partial charge in [0.05, 0.1) is 11.1 Å². The Bertz CT molecular complexity index is 1170. The molecule has 168 valence electrons. The predicted octanol–water partition coefficient (Wildman–Crippen LogP) is 3.42. The second-order valence-corrected chi connectivity index (χ2v) is 8.95. The van der Waals surface area contributed by atoms with Gasteiger partial charge in [-0.25, -0.2) is 4.98 Å². The van der Waals surface area contributed by atoms with Gasteiger partial charge in [0.2, 0.25) is 5.91 Å². The average molecular weight is 441 g/mol. The monoisotopic (exact) mass is 440 g/mol.